The lowest BCUT2D eigenvalue weighted by Gasteiger charge is -2.16. The SMILES string of the molecule is [CH2-][NH+](CC)CCC. The summed E-state index contributed by atoms with van der Waals surface area (Å²) in [7, 11) is 3.86. The molecule has 0 bridgehead atoms. The molecular weight excluding hydrogens is 86.1 g/mol. The molecule has 1 heteroatoms. The lowest BCUT2D eigenvalue weighted by molar-refractivity contribution is -0.851. The third-order valence-corrected chi connectivity index (χ3v) is 1.10. The van der Waals surface area contributed by atoms with Crippen LogP contribution in [0.15, 0.2) is 0 Å². The topological polar surface area (TPSA) is 4.44 Å². The molecule has 1 N–H and O–H groups in total. The zero-order valence-electron chi connectivity index (χ0n) is 5.33. The Morgan fingerprint density at radius 2 is 2.00 bits per heavy atom. The molecule has 0 saturated heterocycles. The highest BCUT2D eigenvalue weighted by Crippen LogP contribution is 1.60. The first-order chi connectivity index (χ1) is 3.31. The second kappa shape index (κ2) is 4.13. The van der Waals surface area contributed by atoms with Crippen LogP contribution in [-0.2, 0) is 0 Å². The first-order valence-corrected chi connectivity index (χ1v) is 2.97. The third kappa shape index (κ3) is 3.80. The molecule has 0 heterocycles. The zero-order valence-corrected chi connectivity index (χ0v) is 5.33. The Balaban J connectivity index is 2.83. The van der Waals surface area contributed by atoms with Crippen molar-refractivity contribution in [1.29, 1.82) is 0 Å². The van der Waals surface area contributed by atoms with E-state index in [4.69, 9.17) is 0 Å². The molecule has 7 heavy (non-hydrogen) atoms. The van der Waals surface area contributed by atoms with E-state index in [0.717, 1.165) is 6.54 Å². The molecule has 1 unspecified atom stereocenters. The Bertz CT molecular complexity index is 35.2. The maximum Gasteiger partial charge on any atom is 0.0527 e. The van der Waals surface area contributed by atoms with Gasteiger partial charge in [0.05, 0.1) is 13.1 Å². The molecule has 1 atom stereocenters. The molecule has 0 aromatic carbocycles. The van der Waals surface area contributed by atoms with Crippen molar-refractivity contribution in [3.05, 3.63) is 7.05 Å². The van der Waals surface area contributed by atoms with Gasteiger partial charge in [0.25, 0.3) is 0 Å². The van der Waals surface area contributed by atoms with Gasteiger partial charge >= 0.3 is 0 Å². The summed E-state index contributed by atoms with van der Waals surface area (Å²) >= 11 is 0. The fourth-order valence-corrected chi connectivity index (χ4v) is 0.530. The highest BCUT2D eigenvalue weighted by atomic mass is 15.1. The van der Waals surface area contributed by atoms with Crippen LogP contribution in [0.5, 0.6) is 0 Å². The van der Waals surface area contributed by atoms with Crippen LogP contribution in [-0.4, -0.2) is 13.1 Å². The highest BCUT2D eigenvalue weighted by Gasteiger charge is 1.83. The maximum absolute atomic E-state index is 3.86. The molecule has 0 aliphatic rings. The first-order valence-electron chi connectivity index (χ1n) is 2.97. The second-order valence-corrected chi connectivity index (χ2v) is 1.85. The summed E-state index contributed by atoms with van der Waals surface area (Å²) < 4.78 is 0. The molecule has 0 saturated carbocycles. The minimum absolute atomic E-state index is 1.15. The summed E-state index contributed by atoms with van der Waals surface area (Å²) in [6.45, 7) is 6.68. The third-order valence-electron chi connectivity index (χ3n) is 1.10. The Morgan fingerprint density at radius 3 is 2.14 bits per heavy atom. The summed E-state index contributed by atoms with van der Waals surface area (Å²) in [6.07, 6.45) is 1.24. The van der Waals surface area contributed by atoms with E-state index in [1.165, 1.54) is 17.9 Å². The summed E-state index contributed by atoms with van der Waals surface area (Å²) in [4.78, 5) is 1.38. The quantitative estimate of drug-likeness (QED) is 0.481. The van der Waals surface area contributed by atoms with Crippen molar-refractivity contribution in [1.82, 2.24) is 0 Å². The van der Waals surface area contributed by atoms with Crippen molar-refractivity contribution in [2.45, 2.75) is 20.3 Å². The Hall–Kier alpha value is -0.0400. The van der Waals surface area contributed by atoms with Gasteiger partial charge in [-0.15, -0.1) is 0 Å². The molecule has 0 aliphatic carbocycles. The van der Waals surface area contributed by atoms with Gasteiger partial charge in [-0.25, -0.2) is 0 Å². The second-order valence-electron chi connectivity index (χ2n) is 1.85. The van der Waals surface area contributed by atoms with Gasteiger partial charge in [0, 0.05) is 0 Å². The summed E-state index contributed by atoms with van der Waals surface area (Å²) in [5.74, 6) is 0. The molecule has 0 aromatic heterocycles. The molecule has 0 aromatic rings. The highest BCUT2D eigenvalue weighted by molar-refractivity contribution is 4.19. The number of hydrogen-bond acceptors (Lipinski definition) is 0. The number of quaternary nitrogens is 1. The van der Waals surface area contributed by atoms with Gasteiger partial charge in [0.15, 0.2) is 0 Å². The van der Waals surface area contributed by atoms with E-state index in [0.29, 0.717) is 0 Å². The normalized spacial score (nSPS) is 14.1. The minimum atomic E-state index is 1.15. The van der Waals surface area contributed by atoms with Crippen molar-refractivity contribution in [3.63, 3.8) is 0 Å². The van der Waals surface area contributed by atoms with Crippen molar-refractivity contribution >= 4 is 0 Å². The molecule has 0 radical (unpaired) electrons. The average molecular weight is 101 g/mol. The van der Waals surface area contributed by atoms with Crippen LogP contribution >= 0.6 is 0 Å². The number of rotatable bonds is 3. The molecule has 44 valence electrons. The lowest BCUT2D eigenvalue weighted by Crippen LogP contribution is -3.06. The fraction of sp³-hybridized carbons (Fsp3) is 0.833. The Kier molecular flexibility index (Phi) is 4.10. The van der Waals surface area contributed by atoms with Crippen LogP contribution in [0.2, 0.25) is 0 Å². The molecule has 0 spiro atoms. The number of hydrogen-bond donors (Lipinski definition) is 1. The molecule has 0 amide bonds. The van der Waals surface area contributed by atoms with Crippen molar-refractivity contribution in [2.75, 3.05) is 13.1 Å². The van der Waals surface area contributed by atoms with Crippen molar-refractivity contribution in [3.8, 4) is 0 Å². The van der Waals surface area contributed by atoms with Crippen LogP contribution in [0.4, 0.5) is 0 Å². The summed E-state index contributed by atoms with van der Waals surface area (Å²) in [6, 6.07) is 0. The minimum Gasteiger partial charge on any atom is -0.468 e. The molecule has 0 rings (SSSR count). The van der Waals surface area contributed by atoms with Gasteiger partial charge in [-0.1, -0.05) is 6.92 Å². The predicted molar refractivity (Wildman–Crippen MR) is 32.0 cm³/mol. The summed E-state index contributed by atoms with van der Waals surface area (Å²) in [5, 5.41) is 0. The van der Waals surface area contributed by atoms with Crippen LogP contribution in [0, 0.1) is 7.05 Å². The van der Waals surface area contributed by atoms with Gasteiger partial charge in [0.1, 0.15) is 0 Å². The average Bonchev–Trinajstić information content (AvgIpc) is 1.68. The first kappa shape index (κ1) is 6.96. The van der Waals surface area contributed by atoms with Crippen molar-refractivity contribution in [2.24, 2.45) is 0 Å². The molecule has 0 aliphatic heterocycles. The summed E-state index contributed by atoms with van der Waals surface area (Å²) in [5.41, 5.74) is 0. The lowest BCUT2D eigenvalue weighted by atomic mass is 10.4. The van der Waals surface area contributed by atoms with Gasteiger partial charge in [0.2, 0.25) is 0 Å². The van der Waals surface area contributed by atoms with Gasteiger partial charge < -0.3 is 4.90 Å². The van der Waals surface area contributed by atoms with Gasteiger partial charge in [-0.2, -0.15) is 7.05 Å². The van der Waals surface area contributed by atoms with Gasteiger partial charge in [-0.3, -0.25) is 0 Å². The van der Waals surface area contributed by atoms with E-state index in [1.807, 2.05) is 0 Å². The Labute approximate surface area is 46.3 Å². The molecular formula is C6H15N. The number of nitrogens with one attached hydrogen (secondary N) is 1. The van der Waals surface area contributed by atoms with E-state index in [-0.39, 0.29) is 0 Å². The molecule has 0 fully saturated rings. The maximum atomic E-state index is 3.86. The van der Waals surface area contributed by atoms with Gasteiger partial charge in [-0.05, 0) is 13.3 Å². The Morgan fingerprint density at radius 1 is 1.43 bits per heavy atom. The standard InChI is InChI=1S/C6H15N/c1-4-6-7(3)5-2/h7H,3-6H2,1-2H3. The van der Waals surface area contributed by atoms with Crippen LogP contribution < -0.4 is 4.90 Å². The van der Waals surface area contributed by atoms with E-state index < -0.39 is 0 Å². The van der Waals surface area contributed by atoms with Crippen LogP contribution in [0.1, 0.15) is 20.3 Å². The molecule has 1 nitrogen and oxygen atoms in total. The monoisotopic (exact) mass is 101 g/mol. The smallest absolute Gasteiger partial charge is 0.0527 e. The van der Waals surface area contributed by atoms with E-state index in [9.17, 15) is 0 Å². The largest absolute Gasteiger partial charge is 0.468 e. The van der Waals surface area contributed by atoms with Crippen LogP contribution in [0.3, 0.4) is 0 Å². The van der Waals surface area contributed by atoms with Crippen LogP contribution in [0.25, 0.3) is 0 Å². The van der Waals surface area contributed by atoms with E-state index in [2.05, 4.69) is 20.9 Å². The zero-order chi connectivity index (χ0) is 5.70. The van der Waals surface area contributed by atoms with E-state index >= 15 is 0 Å². The van der Waals surface area contributed by atoms with Crippen molar-refractivity contribution < 1.29 is 4.90 Å². The van der Waals surface area contributed by atoms with E-state index in [1.54, 1.807) is 0 Å². The fourth-order valence-electron chi connectivity index (χ4n) is 0.530. The predicted octanol–water partition coefficient (Wildman–Crippen LogP) is 0.0928.